The van der Waals surface area contributed by atoms with Crippen LogP contribution in [0.2, 0.25) is 0 Å². The smallest absolute Gasteiger partial charge is 0.264 e. The summed E-state index contributed by atoms with van der Waals surface area (Å²) in [5, 5.41) is 3.81. The van der Waals surface area contributed by atoms with Crippen LogP contribution in [0.25, 0.3) is 0 Å². The maximum absolute atomic E-state index is 12.3. The van der Waals surface area contributed by atoms with Crippen molar-refractivity contribution >= 4 is 16.0 Å². The highest BCUT2D eigenvalue weighted by atomic mass is 32.2. The summed E-state index contributed by atoms with van der Waals surface area (Å²) in [4.78, 5) is 4.03. The van der Waals surface area contributed by atoms with E-state index in [1.165, 1.54) is 11.0 Å². The molecule has 0 aliphatic carbocycles. The van der Waals surface area contributed by atoms with Gasteiger partial charge < -0.3 is 5.73 Å². The van der Waals surface area contributed by atoms with Crippen LogP contribution in [-0.2, 0) is 23.6 Å². The van der Waals surface area contributed by atoms with Gasteiger partial charge in [0.1, 0.15) is 6.33 Å². The first kappa shape index (κ1) is 13.5. The average molecular weight is 281 g/mol. The van der Waals surface area contributed by atoms with Crippen LogP contribution in [0, 0.1) is 6.92 Å². The molecule has 102 valence electrons. The maximum Gasteiger partial charge on any atom is 0.264 e. The molecular weight excluding hydrogens is 266 g/mol. The van der Waals surface area contributed by atoms with Gasteiger partial charge >= 0.3 is 0 Å². The van der Waals surface area contributed by atoms with Gasteiger partial charge in [-0.05, 0) is 24.1 Å². The van der Waals surface area contributed by atoms with Crippen molar-refractivity contribution in [1.82, 2.24) is 14.8 Å². The van der Waals surface area contributed by atoms with Crippen LogP contribution in [-0.4, -0.2) is 23.2 Å². The zero-order valence-electron chi connectivity index (χ0n) is 10.7. The topological polar surface area (TPSA) is 103 Å². The van der Waals surface area contributed by atoms with Crippen molar-refractivity contribution in [2.45, 2.75) is 18.4 Å². The van der Waals surface area contributed by atoms with Gasteiger partial charge in [0.2, 0.25) is 5.95 Å². The van der Waals surface area contributed by atoms with Gasteiger partial charge in [0, 0.05) is 13.6 Å². The Hall–Kier alpha value is -1.93. The quantitative estimate of drug-likeness (QED) is 0.843. The summed E-state index contributed by atoms with van der Waals surface area (Å²) in [5.74, 6) is 0.164. The number of nitrogens with two attached hydrogens (primary N) is 1. The van der Waals surface area contributed by atoms with Crippen LogP contribution in [0.4, 0.5) is 5.95 Å². The van der Waals surface area contributed by atoms with Gasteiger partial charge in [0.15, 0.2) is 0 Å². The Morgan fingerprint density at radius 2 is 2.16 bits per heavy atom. The number of nitrogens with zero attached hydrogens (tertiary/aromatic N) is 3. The van der Waals surface area contributed by atoms with Gasteiger partial charge in [-0.1, -0.05) is 12.1 Å². The number of aromatic nitrogens is 3. The lowest BCUT2D eigenvalue weighted by Gasteiger charge is -2.10. The van der Waals surface area contributed by atoms with E-state index in [1.54, 1.807) is 32.2 Å². The first-order chi connectivity index (χ1) is 8.94. The standard InChI is InChI=1S/C11H15N5O2S/c1-8-3-4-9(6-12)5-10(8)19(17,18)15-11-13-7-14-16(11)2/h3-5,7H,6,12H2,1-2H3,(H,13,14,15). The van der Waals surface area contributed by atoms with E-state index in [9.17, 15) is 8.42 Å². The molecule has 0 radical (unpaired) electrons. The third-order valence-electron chi connectivity index (χ3n) is 2.71. The average Bonchev–Trinajstić information content (AvgIpc) is 2.75. The van der Waals surface area contributed by atoms with Crippen LogP contribution in [0.1, 0.15) is 11.1 Å². The van der Waals surface area contributed by atoms with Crippen LogP contribution in [0.15, 0.2) is 29.4 Å². The van der Waals surface area contributed by atoms with Crippen molar-refractivity contribution in [3.8, 4) is 0 Å². The first-order valence-electron chi connectivity index (χ1n) is 5.60. The molecule has 0 amide bonds. The van der Waals surface area contributed by atoms with Gasteiger partial charge in [-0.2, -0.15) is 10.1 Å². The lowest BCUT2D eigenvalue weighted by Crippen LogP contribution is -2.17. The van der Waals surface area contributed by atoms with Gasteiger partial charge in [0.25, 0.3) is 10.0 Å². The minimum absolute atomic E-state index is 0.164. The zero-order chi connectivity index (χ0) is 14.0. The molecular formula is C11H15N5O2S. The second-order valence-electron chi connectivity index (χ2n) is 4.12. The summed E-state index contributed by atoms with van der Waals surface area (Å²) in [6, 6.07) is 5.10. The number of hydrogen-bond donors (Lipinski definition) is 2. The van der Waals surface area contributed by atoms with Gasteiger partial charge in [-0.15, -0.1) is 0 Å². The molecule has 0 spiro atoms. The predicted octanol–water partition coefficient (Wildman–Crippen LogP) is 0.383. The molecule has 0 atom stereocenters. The zero-order valence-corrected chi connectivity index (χ0v) is 11.5. The third kappa shape index (κ3) is 2.74. The van der Waals surface area contributed by atoms with Gasteiger partial charge in [0.05, 0.1) is 4.90 Å². The van der Waals surface area contributed by atoms with Crippen LogP contribution in [0.3, 0.4) is 0 Å². The summed E-state index contributed by atoms with van der Waals surface area (Å²) in [5.41, 5.74) is 6.93. The predicted molar refractivity (Wildman–Crippen MR) is 70.9 cm³/mol. The number of aryl methyl sites for hydroxylation is 2. The molecule has 0 unspecified atom stereocenters. The fraction of sp³-hybridized carbons (Fsp3) is 0.273. The number of anilines is 1. The number of sulfonamides is 1. The van der Waals surface area contributed by atoms with E-state index in [4.69, 9.17) is 5.73 Å². The van der Waals surface area contributed by atoms with Crippen LogP contribution < -0.4 is 10.5 Å². The van der Waals surface area contributed by atoms with Gasteiger partial charge in [-0.3, -0.25) is 0 Å². The molecule has 1 aromatic carbocycles. The molecule has 7 nitrogen and oxygen atoms in total. The normalized spacial score (nSPS) is 11.5. The minimum atomic E-state index is -3.70. The molecule has 19 heavy (non-hydrogen) atoms. The highest BCUT2D eigenvalue weighted by molar-refractivity contribution is 7.92. The fourth-order valence-electron chi connectivity index (χ4n) is 1.62. The molecule has 0 saturated heterocycles. The summed E-state index contributed by atoms with van der Waals surface area (Å²) in [6.45, 7) is 2.01. The molecule has 1 aromatic heterocycles. The van der Waals surface area contributed by atoms with Crippen molar-refractivity contribution in [3.05, 3.63) is 35.7 Å². The number of nitrogens with one attached hydrogen (secondary N) is 1. The lowest BCUT2D eigenvalue weighted by atomic mass is 10.1. The number of hydrogen-bond acceptors (Lipinski definition) is 5. The Kier molecular flexibility index (Phi) is 3.54. The Labute approximate surface area is 111 Å². The van der Waals surface area contributed by atoms with Crippen molar-refractivity contribution in [3.63, 3.8) is 0 Å². The Bertz CT molecular complexity index is 693. The molecule has 0 bridgehead atoms. The Morgan fingerprint density at radius 1 is 1.42 bits per heavy atom. The largest absolute Gasteiger partial charge is 0.326 e. The van der Waals surface area contributed by atoms with E-state index in [2.05, 4.69) is 14.8 Å². The second kappa shape index (κ2) is 4.98. The van der Waals surface area contributed by atoms with E-state index in [1.807, 2.05) is 0 Å². The van der Waals surface area contributed by atoms with Crippen molar-refractivity contribution in [2.24, 2.45) is 12.8 Å². The highest BCUT2D eigenvalue weighted by Crippen LogP contribution is 2.19. The monoisotopic (exact) mass is 281 g/mol. The molecule has 2 aromatic rings. The number of rotatable bonds is 4. The highest BCUT2D eigenvalue weighted by Gasteiger charge is 2.19. The van der Waals surface area contributed by atoms with Crippen molar-refractivity contribution in [1.29, 1.82) is 0 Å². The number of benzene rings is 1. The lowest BCUT2D eigenvalue weighted by molar-refractivity contribution is 0.599. The summed E-state index contributed by atoms with van der Waals surface area (Å²) >= 11 is 0. The van der Waals surface area contributed by atoms with Crippen molar-refractivity contribution in [2.75, 3.05) is 4.72 Å². The van der Waals surface area contributed by atoms with Crippen LogP contribution >= 0.6 is 0 Å². The molecule has 3 N–H and O–H groups in total. The minimum Gasteiger partial charge on any atom is -0.326 e. The first-order valence-corrected chi connectivity index (χ1v) is 7.09. The van der Waals surface area contributed by atoms with E-state index in [0.717, 1.165) is 5.56 Å². The molecule has 0 fully saturated rings. The van der Waals surface area contributed by atoms with E-state index < -0.39 is 10.0 Å². The van der Waals surface area contributed by atoms with E-state index in [0.29, 0.717) is 5.56 Å². The molecule has 0 aliphatic rings. The Morgan fingerprint density at radius 3 is 2.74 bits per heavy atom. The van der Waals surface area contributed by atoms with Crippen molar-refractivity contribution < 1.29 is 8.42 Å². The maximum atomic E-state index is 12.3. The molecule has 0 aliphatic heterocycles. The van der Waals surface area contributed by atoms with E-state index >= 15 is 0 Å². The molecule has 1 heterocycles. The fourth-order valence-corrected chi connectivity index (χ4v) is 2.96. The summed E-state index contributed by atoms with van der Waals surface area (Å²) in [6.07, 6.45) is 1.28. The van der Waals surface area contributed by atoms with Gasteiger partial charge in [-0.25, -0.2) is 17.8 Å². The molecule has 8 heteroatoms. The molecule has 0 saturated carbocycles. The SMILES string of the molecule is Cc1ccc(CN)cc1S(=O)(=O)Nc1ncnn1C. The molecule has 2 rings (SSSR count). The van der Waals surface area contributed by atoms with Crippen LogP contribution in [0.5, 0.6) is 0 Å². The summed E-state index contributed by atoms with van der Waals surface area (Å²) in [7, 11) is -2.09. The third-order valence-corrected chi connectivity index (χ3v) is 4.18. The second-order valence-corrected chi connectivity index (χ2v) is 5.77. The van der Waals surface area contributed by atoms with E-state index in [-0.39, 0.29) is 17.4 Å². The summed E-state index contributed by atoms with van der Waals surface area (Å²) < 4.78 is 28.4. The Balaban J connectivity index is 2.42.